The predicted octanol–water partition coefficient (Wildman–Crippen LogP) is 0.562. The third-order valence-corrected chi connectivity index (χ3v) is 5.21. The molecule has 2 aliphatic rings. The smallest absolute Gasteiger partial charge is 0.257 e. The van der Waals surface area contributed by atoms with Crippen LogP contribution in [0.15, 0.2) is 49.1 Å². The molecule has 0 radical (unpaired) electrons. The van der Waals surface area contributed by atoms with E-state index in [-0.39, 0.29) is 24.3 Å². The van der Waals surface area contributed by atoms with E-state index in [1.807, 2.05) is 30.3 Å². The van der Waals surface area contributed by atoms with Crippen molar-refractivity contribution in [2.24, 2.45) is 0 Å². The van der Waals surface area contributed by atoms with Gasteiger partial charge in [0.25, 0.3) is 5.91 Å². The van der Waals surface area contributed by atoms with Gasteiger partial charge in [-0.2, -0.15) is 0 Å². The van der Waals surface area contributed by atoms with E-state index in [0.717, 1.165) is 5.56 Å². The van der Waals surface area contributed by atoms with Crippen molar-refractivity contribution in [1.29, 1.82) is 0 Å². The Morgan fingerprint density at radius 2 is 1.79 bits per heavy atom. The molecule has 1 unspecified atom stereocenters. The van der Waals surface area contributed by atoms with Gasteiger partial charge in [-0.15, -0.1) is 0 Å². The molecule has 144 valence electrons. The molecule has 28 heavy (non-hydrogen) atoms. The van der Waals surface area contributed by atoms with Gasteiger partial charge in [0.05, 0.1) is 5.56 Å². The number of hydrogen-bond donors (Lipinski definition) is 0. The molecule has 0 N–H and O–H groups in total. The number of carbonyl (C=O) groups excluding carboxylic acids is 3. The number of fused-ring (bicyclic) bond motifs is 1. The quantitative estimate of drug-likeness (QED) is 0.778. The van der Waals surface area contributed by atoms with Crippen LogP contribution in [0.1, 0.15) is 22.3 Å². The van der Waals surface area contributed by atoms with E-state index < -0.39 is 6.04 Å². The van der Waals surface area contributed by atoms with Crippen LogP contribution in [0, 0.1) is 0 Å². The van der Waals surface area contributed by atoms with Crippen LogP contribution in [0.3, 0.4) is 0 Å². The number of amides is 3. The van der Waals surface area contributed by atoms with Gasteiger partial charge in [-0.25, -0.2) is 9.97 Å². The third kappa shape index (κ3) is 3.58. The summed E-state index contributed by atoms with van der Waals surface area (Å²) in [7, 11) is 0. The fraction of sp³-hybridized carbons (Fsp3) is 0.350. The number of piperazine rings is 1. The molecule has 2 saturated heterocycles. The number of benzene rings is 1. The molecule has 8 nitrogen and oxygen atoms in total. The number of carbonyl (C=O) groups is 3. The highest BCUT2D eigenvalue weighted by molar-refractivity contribution is 5.96. The second kappa shape index (κ2) is 7.75. The average molecular weight is 379 g/mol. The number of rotatable bonds is 3. The Balaban J connectivity index is 1.47. The van der Waals surface area contributed by atoms with Crippen molar-refractivity contribution in [2.45, 2.75) is 19.0 Å². The zero-order valence-corrected chi connectivity index (χ0v) is 15.4. The summed E-state index contributed by atoms with van der Waals surface area (Å²) >= 11 is 0. The van der Waals surface area contributed by atoms with Crippen LogP contribution in [0.5, 0.6) is 0 Å². The SMILES string of the molecule is O=C(c1cncnc1)N1CCC2C(=O)N(Cc3ccccc3)CC(=O)N2CC1. The average Bonchev–Trinajstić information content (AvgIpc) is 2.96. The fourth-order valence-corrected chi connectivity index (χ4v) is 3.76. The second-order valence-corrected chi connectivity index (χ2v) is 6.99. The summed E-state index contributed by atoms with van der Waals surface area (Å²) in [5.41, 5.74) is 1.40. The monoisotopic (exact) mass is 379 g/mol. The maximum Gasteiger partial charge on any atom is 0.257 e. The Kier molecular flexibility index (Phi) is 5.01. The first-order chi connectivity index (χ1) is 13.6. The minimum absolute atomic E-state index is 0.0548. The molecule has 2 aromatic rings. The first-order valence-electron chi connectivity index (χ1n) is 9.30. The van der Waals surface area contributed by atoms with E-state index in [2.05, 4.69) is 9.97 Å². The van der Waals surface area contributed by atoms with Crippen LogP contribution in [0.2, 0.25) is 0 Å². The molecule has 0 saturated carbocycles. The van der Waals surface area contributed by atoms with Crippen molar-refractivity contribution >= 4 is 17.7 Å². The van der Waals surface area contributed by atoms with Crippen LogP contribution >= 0.6 is 0 Å². The third-order valence-electron chi connectivity index (χ3n) is 5.21. The van der Waals surface area contributed by atoms with Gasteiger partial charge < -0.3 is 14.7 Å². The van der Waals surface area contributed by atoms with Gasteiger partial charge in [0.2, 0.25) is 11.8 Å². The molecule has 1 atom stereocenters. The molecular weight excluding hydrogens is 358 g/mol. The molecule has 1 aromatic carbocycles. The van der Waals surface area contributed by atoms with Crippen LogP contribution in [-0.2, 0) is 16.1 Å². The van der Waals surface area contributed by atoms with Crippen molar-refractivity contribution in [2.75, 3.05) is 26.2 Å². The van der Waals surface area contributed by atoms with E-state index in [4.69, 9.17) is 0 Å². The lowest BCUT2D eigenvalue weighted by Gasteiger charge is -2.39. The van der Waals surface area contributed by atoms with Gasteiger partial charge in [0.15, 0.2) is 0 Å². The summed E-state index contributed by atoms with van der Waals surface area (Å²) < 4.78 is 0. The molecule has 0 bridgehead atoms. The molecule has 0 spiro atoms. The maximum atomic E-state index is 13.0. The van der Waals surface area contributed by atoms with Crippen molar-refractivity contribution in [3.63, 3.8) is 0 Å². The zero-order chi connectivity index (χ0) is 19.5. The van der Waals surface area contributed by atoms with Crippen molar-refractivity contribution in [3.05, 3.63) is 60.2 Å². The number of hydrogen-bond acceptors (Lipinski definition) is 5. The Morgan fingerprint density at radius 3 is 2.54 bits per heavy atom. The summed E-state index contributed by atoms with van der Waals surface area (Å²) in [5.74, 6) is -0.305. The molecule has 0 aliphatic carbocycles. The van der Waals surface area contributed by atoms with Gasteiger partial charge in [-0.1, -0.05) is 30.3 Å². The van der Waals surface area contributed by atoms with E-state index in [1.54, 1.807) is 14.7 Å². The highest BCUT2D eigenvalue weighted by atomic mass is 16.2. The maximum absolute atomic E-state index is 13.0. The lowest BCUT2D eigenvalue weighted by molar-refractivity contribution is -0.156. The largest absolute Gasteiger partial charge is 0.337 e. The molecular formula is C20H21N5O3. The Bertz CT molecular complexity index is 874. The topological polar surface area (TPSA) is 86.7 Å². The van der Waals surface area contributed by atoms with E-state index in [1.165, 1.54) is 18.7 Å². The minimum atomic E-state index is -0.519. The molecule has 3 heterocycles. The normalized spacial score (nSPS) is 20.0. The predicted molar refractivity (Wildman–Crippen MR) is 99.9 cm³/mol. The van der Waals surface area contributed by atoms with Gasteiger partial charge in [-0.3, -0.25) is 14.4 Å². The Hall–Kier alpha value is -3.29. The van der Waals surface area contributed by atoms with Gasteiger partial charge in [-0.05, 0) is 12.0 Å². The standard InChI is InChI=1S/C20H21N5O3/c26-18-13-24(12-15-4-2-1-3-5-15)20(28)17-6-7-23(8-9-25(17)18)19(27)16-10-21-14-22-11-16/h1-5,10-11,14,17H,6-9,12-13H2. The summed E-state index contributed by atoms with van der Waals surface area (Å²) in [5, 5.41) is 0. The van der Waals surface area contributed by atoms with Crippen LogP contribution in [0.25, 0.3) is 0 Å². The van der Waals surface area contributed by atoms with Gasteiger partial charge in [0.1, 0.15) is 18.9 Å². The summed E-state index contributed by atoms with van der Waals surface area (Å²) in [6.07, 6.45) is 4.75. The van der Waals surface area contributed by atoms with Gasteiger partial charge in [0, 0.05) is 38.6 Å². The lowest BCUT2D eigenvalue weighted by Crippen LogP contribution is -2.59. The van der Waals surface area contributed by atoms with E-state index in [9.17, 15) is 14.4 Å². The molecule has 4 rings (SSSR count). The van der Waals surface area contributed by atoms with Crippen LogP contribution in [0.4, 0.5) is 0 Å². The summed E-state index contributed by atoms with van der Waals surface area (Å²) in [6, 6.07) is 9.12. The minimum Gasteiger partial charge on any atom is -0.337 e. The number of aromatic nitrogens is 2. The first-order valence-corrected chi connectivity index (χ1v) is 9.30. The van der Waals surface area contributed by atoms with Crippen molar-refractivity contribution in [1.82, 2.24) is 24.7 Å². The first kappa shape index (κ1) is 18.1. The molecule has 8 heteroatoms. The van der Waals surface area contributed by atoms with E-state index >= 15 is 0 Å². The van der Waals surface area contributed by atoms with Gasteiger partial charge >= 0.3 is 0 Å². The Morgan fingerprint density at radius 1 is 1.04 bits per heavy atom. The second-order valence-electron chi connectivity index (χ2n) is 6.99. The Labute approximate surface area is 162 Å². The molecule has 2 fully saturated rings. The molecule has 2 aliphatic heterocycles. The number of nitrogens with zero attached hydrogens (tertiary/aromatic N) is 5. The lowest BCUT2D eigenvalue weighted by atomic mass is 10.1. The van der Waals surface area contributed by atoms with Crippen LogP contribution in [-0.4, -0.2) is 74.6 Å². The summed E-state index contributed by atoms with van der Waals surface area (Å²) in [4.78, 5) is 51.0. The van der Waals surface area contributed by atoms with Crippen molar-refractivity contribution in [3.8, 4) is 0 Å². The zero-order valence-electron chi connectivity index (χ0n) is 15.4. The summed E-state index contributed by atoms with van der Waals surface area (Å²) in [6.45, 7) is 1.65. The molecule has 1 aromatic heterocycles. The van der Waals surface area contributed by atoms with E-state index in [0.29, 0.717) is 38.2 Å². The highest BCUT2D eigenvalue weighted by Crippen LogP contribution is 2.21. The van der Waals surface area contributed by atoms with Crippen molar-refractivity contribution < 1.29 is 14.4 Å². The molecule has 3 amide bonds. The fourth-order valence-electron chi connectivity index (χ4n) is 3.76. The highest BCUT2D eigenvalue weighted by Gasteiger charge is 2.41. The van der Waals surface area contributed by atoms with Crippen LogP contribution < -0.4 is 0 Å².